The summed E-state index contributed by atoms with van der Waals surface area (Å²) in [5.74, 6) is 0.898. The molecule has 17 heavy (non-hydrogen) atoms. The highest BCUT2D eigenvalue weighted by molar-refractivity contribution is 8.01. The van der Waals surface area contributed by atoms with Crippen LogP contribution in [-0.4, -0.2) is 11.8 Å². The van der Waals surface area contributed by atoms with E-state index in [1.165, 1.54) is 23.6 Å². The van der Waals surface area contributed by atoms with Crippen molar-refractivity contribution in [2.75, 3.05) is 6.54 Å². The molecule has 1 N–H and O–H groups in total. The van der Waals surface area contributed by atoms with Crippen LogP contribution in [-0.2, 0) is 0 Å². The zero-order valence-electron chi connectivity index (χ0n) is 10.8. The molecule has 94 valence electrons. The maximum absolute atomic E-state index is 3.81. The molecule has 2 unspecified atom stereocenters. The summed E-state index contributed by atoms with van der Waals surface area (Å²) in [6.45, 7) is 8.32. The van der Waals surface area contributed by atoms with Gasteiger partial charge in [-0.15, -0.1) is 23.1 Å². The minimum absolute atomic E-state index is 0.597. The molecule has 0 aromatic carbocycles. The van der Waals surface area contributed by atoms with E-state index >= 15 is 0 Å². The largest absolute Gasteiger partial charge is 0.310 e. The first-order chi connectivity index (χ1) is 8.06. The number of thioether (sulfide) groups is 1. The Morgan fingerprint density at radius 2 is 2.24 bits per heavy atom. The van der Waals surface area contributed by atoms with Gasteiger partial charge in [0.25, 0.3) is 0 Å². The highest BCUT2D eigenvalue weighted by Crippen LogP contribution is 2.51. The molecule has 3 rings (SSSR count). The molecule has 0 radical (unpaired) electrons. The normalized spacial score (nSPS) is 34.4. The molecule has 3 atom stereocenters. The van der Waals surface area contributed by atoms with Crippen molar-refractivity contribution in [2.45, 2.75) is 49.1 Å². The summed E-state index contributed by atoms with van der Waals surface area (Å²) in [4.78, 5) is 0. The third-order valence-electron chi connectivity index (χ3n) is 4.24. The molecule has 1 saturated carbocycles. The lowest BCUT2D eigenvalue weighted by Gasteiger charge is -2.28. The average Bonchev–Trinajstić information content (AvgIpc) is 2.69. The Balaban J connectivity index is 1.64. The SMILES string of the molecule is C[C@H]1CC(NCC2CC2(C)C)c2ccsc2S1. The molecule has 1 nitrogen and oxygen atoms in total. The van der Waals surface area contributed by atoms with Crippen molar-refractivity contribution in [1.29, 1.82) is 0 Å². The van der Waals surface area contributed by atoms with E-state index in [-0.39, 0.29) is 0 Å². The van der Waals surface area contributed by atoms with Gasteiger partial charge in [0.1, 0.15) is 0 Å². The number of nitrogens with one attached hydrogen (secondary N) is 1. The predicted octanol–water partition coefficient (Wildman–Crippen LogP) is 4.31. The van der Waals surface area contributed by atoms with Gasteiger partial charge < -0.3 is 5.32 Å². The number of rotatable bonds is 3. The molecule has 2 aliphatic rings. The van der Waals surface area contributed by atoms with Crippen molar-refractivity contribution in [2.24, 2.45) is 11.3 Å². The fourth-order valence-electron chi connectivity index (χ4n) is 2.75. The number of fused-ring (bicyclic) bond motifs is 1. The summed E-state index contributed by atoms with van der Waals surface area (Å²) >= 11 is 3.96. The second kappa shape index (κ2) is 4.29. The third-order valence-corrected chi connectivity index (χ3v) is 6.58. The standard InChI is InChI=1S/C14H21NS2/c1-9-6-12(11-4-5-16-13(11)17-9)15-8-10-7-14(10,2)3/h4-5,9-10,12,15H,6-8H2,1-3H3/t9-,10?,12?/m0/s1. The molecule has 2 heterocycles. The monoisotopic (exact) mass is 267 g/mol. The zero-order valence-corrected chi connectivity index (χ0v) is 12.5. The van der Waals surface area contributed by atoms with Gasteiger partial charge in [0, 0.05) is 11.3 Å². The van der Waals surface area contributed by atoms with Crippen LogP contribution in [0.4, 0.5) is 0 Å². The maximum atomic E-state index is 3.81. The van der Waals surface area contributed by atoms with Crippen molar-refractivity contribution in [3.05, 3.63) is 17.0 Å². The lowest BCUT2D eigenvalue weighted by atomic mass is 10.0. The fourth-order valence-corrected chi connectivity index (χ4v) is 5.32. The summed E-state index contributed by atoms with van der Waals surface area (Å²) < 4.78 is 1.54. The van der Waals surface area contributed by atoms with Crippen LogP contribution in [0.3, 0.4) is 0 Å². The van der Waals surface area contributed by atoms with E-state index in [1.54, 1.807) is 5.56 Å². The quantitative estimate of drug-likeness (QED) is 0.876. The minimum Gasteiger partial charge on any atom is -0.310 e. The molecule has 0 bridgehead atoms. The van der Waals surface area contributed by atoms with Crippen molar-refractivity contribution in [1.82, 2.24) is 5.32 Å². The van der Waals surface area contributed by atoms with Crippen LogP contribution in [0.2, 0.25) is 0 Å². The minimum atomic E-state index is 0.597. The van der Waals surface area contributed by atoms with Gasteiger partial charge in [-0.2, -0.15) is 0 Å². The van der Waals surface area contributed by atoms with Crippen LogP contribution in [0.1, 0.15) is 45.2 Å². The molecule has 3 heteroatoms. The summed E-state index contributed by atoms with van der Waals surface area (Å²) in [5, 5.41) is 6.80. The average molecular weight is 267 g/mol. The fraction of sp³-hybridized carbons (Fsp3) is 0.714. The van der Waals surface area contributed by atoms with Crippen LogP contribution in [0, 0.1) is 11.3 Å². The van der Waals surface area contributed by atoms with E-state index in [0.29, 0.717) is 11.5 Å². The Hall–Kier alpha value is 0.01000. The van der Waals surface area contributed by atoms with E-state index in [1.807, 2.05) is 11.3 Å². The van der Waals surface area contributed by atoms with Gasteiger partial charge in [-0.1, -0.05) is 20.8 Å². The molecule has 1 aliphatic heterocycles. The first-order valence-corrected chi connectivity index (χ1v) is 8.29. The number of hydrogen-bond acceptors (Lipinski definition) is 3. The van der Waals surface area contributed by atoms with Crippen molar-refractivity contribution in [3.8, 4) is 0 Å². The van der Waals surface area contributed by atoms with Gasteiger partial charge in [0.2, 0.25) is 0 Å². The lowest BCUT2D eigenvalue weighted by Crippen LogP contribution is -2.28. The Labute approximate surface area is 112 Å². The van der Waals surface area contributed by atoms with E-state index in [0.717, 1.165) is 11.2 Å². The first-order valence-electron chi connectivity index (χ1n) is 6.54. The highest BCUT2D eigenvalue weighted by Gasteiger charge is 2.45. The van der Waals surface area contributed by atoms with Gasteiger partial charge in [0.05, 0.1) is 4.21 Å². The molecular weight excluding hydrogens is 246 g/mol. The third kappa shape index (κ3) is 2.42. The van der Waals surface area contributed by atoms with Gasteiger partial charge in [-0.25, -0.2) is 0 Å². The van der Waals surface area contributed by atoms with E-state index in [2.05, 4.69) is 49.3 Å². The van der Waals surface area contributed by atoms with E-state index < -0.39 is 0 Å². The summed E-state index contributed by atoms with van der Waals surface area (Å²) in [7, 11) is 0. The molecular formula is C14H21NS2. The second-order valence-corrected chi connectivity index (χ2v) is 8.80. The summed E-state index contributed by atoms with van der Waals surface area (Å²) in [5.41, 5.74) is 2.15. The summed E-state index contributed by atoms with van der Waals surface area (Å²) in [6.07, 6.45) is 2.68. The molecule has 1 aliphatic carbocycles. The second-order valence-electron chi connectivity index (χ2n) is 6.18. The molecule has 0 saturated heterocycles. The van der Waals surface area contributed by atoms with Crippen LogP contribution >= 0.6 is 23.1 Å². The molecule has 1 aromatic heterocycles. The number of hydrogen-bond donors (Lipinski definition) is 1. The Kier molecular flexibility index (Phi) is 3.04. The van der Waals surface area contributed by atoms with Gasteiger partial charge in [-0.3, -0.25) is 0 Å². The highest BCUT2D eigenvalue weighted by atomic mass is 32.2. The smallest absolute Gasteiger partial charge is 0.0649 e. The van der Waals surface area contributed by atoms with Crippen LogP contribution < -0.4 is 5.32 Å². The maximum Gasteiger partial charge on any atom is 0.0649 e. The van der Waals surface area contributed by atoms with Gasteiger partial charge >= 0.3 is 0 Å². The van der Waals surface area contributed by atoms with E-state index in [9.17, 15) is 0 Å². The van der Waals surface area contributed by atoms with Crippen LogP contribution in [0.5, 0.6) is 0 Å². The molecule has 1 aromatic rings. The topological polar surface area (TPSA) is 12.0 Å². The first kappa shape index (κ1) is 12.1. The van der Waals surface area contributed by atoms with Crippen molar-refractivity contribution in [3.63, 3.8) is 0 Å². The van der Waals surface area contributed by atoms with Crippen molar-refractivity contribution < 1.29 is 0 Å². The lowest BCUT2D eigenvalue weighted by molar-refractivity contribution is 0.444. The predicted molar refractivity (Wildman–Crippen MR) is 76.9 cm³/mol. The molecule has 0 amide bonds. The van der Waals surface area contributed by atoms with Crippen LogP contribution in [0.25, 0.3) is 0 Å². The Morgan fingerprint density at radius 3 is 2.94 bits per heavy atom. The van der Waals surface area contributed by atoms with E-state index in [4.69, 9.17) is 0 Å². The molecule has 0 spiro atoms. The van der Waals surface area contributed by atoms with Gasteiger partial charge in [-0.05, 0) is 47.7 Å². The summed E-state index contributed by atoms with van der Waals surface area (Å²) in [6, 6.07) is 2.91. The van der Waals surface area contributed by atoms with Crippen molar-refractivity contribution >= 4 is 23.1 Å². The zero-order chi connectivity index (χ0) is 12.0. The Morgan fingerprint density at radius 1 is 1.47 bits per heavy atom. The Bertz CT molecular complexity index is 410. The molecule has 1 fully saturated rings. The van der Waals surface area contributed by atoms with Crippen LogP contribution in [0.15, 0.2) is 15.7 Å². The van der Waals surface area contributed by atoms with Gasteiger partial charge in [0.15, 0.2) is 0 Å². The number of thiophene rings is 1.